The van der Waals surface area contributed by atoms with Crippen LogP contribution in [0, 0.1) is 10.1 Å². The highest BCUT2D eigenvalue weighted by molar-refractivity contribution is 5.91. The highest BCUT2D eigenvalue weighted by Crippen LogP contribution is 2.23. The first kappa shape index (κ1) is 15.3. The van der Waals surface area contributed by atoms with E-state index < -0.39 is 10.9 Å². The van der Waals surface area contributed by atoms with Gasteiger partial charge in [-0.05, 0) is 24.3 Å². The predicted octanol–water partition coefficient (Wildman–Crippen LogP) is 2.78. The van der Waals surface area contributed by atoms with Crippen molar-refractivity contribution >= 4 is 17.3 Å². The highest BCUT2D eigenvalue weighted by atomic mass is 16.6. The Kier molecular flexibility index (Phi) is 3.98. The summed E-state index contributed by atoms with van der Waals surface area (Å²) < 4.78 is 15.3. The smallest absolute Gasteiger partial charge is 0.338 e. The minimum Gasteiger partial charge on any atom is -0.461 e. The van der Waals surface area contributed by atoms with Gasteiger partial charge < -0.3 is 19.4 Å². The summed E-state index contributed by atoms with van der Waals surface area (Å²) in [7, 11) is 0. The lowest BCUT2D eigenvalue weighted by Gasteiger charge is -2.03. The summed E-state index contributed by atoms with van der Waals surface area (Å²) in [6.45, 7) is -0.152. The second-order valence-corrected chi connectivity index (χ2v) is 4.77. The molecule has 9 heteroatoms. The average Bonchev–Trinajstić information content (AvgIpc) is 3.24. The number of esters is 1. The molecule has 24 heavy (non-hydrogen) atoms. The molecule has 122 valence electrons. The fourth-order valence-corrected chi connectivity index (χ4v) is 1.97. The van der Waals surface area contributed by atoms with Gasteiger partial charge in [0, 0.05) is 12.1 Å². The molecule has 0 atom stereocenters. The lowest BCUT2D eigenvalue weighted by atomic mass is 10.2. The number of anilines is 1. The van der Waals surface area contributed by atoms with Gasteiger partial charge >= 0.3 is 5.97 Å². The Hall–Kier alpha value is -3.62. The number of furan rings is 1. The second kappa shape index (κ2) is 6.24. The third-order valence-electron chi connectivity index (χ3n) is 3.14. The number of hydrogen-bond acceptors (Lipinski definition) is 8. The van der Waals surface area contributed by atoms with Crippen LogP contribution in [0.25, 0.3) is 11.5 Å². The Labute approximate surface area is 134 Å². The normalized spacial score (nSPS) is 10.5. The maximum Gasteiger partial charge on any atom is 0.338 e. The van der Waals surface area contributed by atoms with Crippen molar-refractivity contribution in [3.05, 3.63) is 64.0 Å². The molecular formula is C15H11N3O6. The lowest BCUT2D eigenvalue weighted by Crippen LogP contribution is -2.07. The standard InChI is InChI=1S/C15H11N3O6/c16-11-4-3-9(6-12(11)18(20)21)15(19)23-8-10-7-14(24-17-10)13-2-1-5-22-13/h1-7H,8,16H2. The van der Waals surface area contributed by atoms with E-state index in [4.69, 9.17) is 19.4 Å². The van der Waals surface area contributed by atoms with Crippen molar-refractivity contribution in [2.75, 3.05) is 5.73 Å². The summed E-state index contributed by atoms with van der Waals surface area (Å²) in [5, 5.41) is 14.6. The number of nitro groups is 1. The van der Waals surface area contributed by atoms with Crippen LogP contribution in [0.15, 0.2) is 51.6 Å². The summed E-state index contributed by atoms with van der Waals surface area (Å²) in [4.78, 5) is 22.1. The van der Waals surface area contributed by atoms with Crippen LogP contribution >= 0.6 is 0 Å². The number of hydrogen-bond donors (Lipinski definition) is 1. The van der Waals surface area contributed by atoms with E-state index in [1.807, 2.05) is 0 Å². The van der Waals surface area contributed by atoms with Crippen LogP contribution in [0.3, 0.4) is 0 Å². The van der Waals surface area contributed by atoms with E-state index in [-0.39, 0.29) is 23.5 Å². The van der Waals surface area contributed by atoms with E-state index >= 15 is 0 Å². The summed E-state index contributed by atoms with van der Waals surface area (Å²) >= 11 is 0. The van der Waals surface area contributed by atoms with Gasteiger partial charge in [-0.15, -0.1) is 0 Å². The fraction of sp³-hybridized carbons (Fsp3) is 0.0667. The minimum absolute atomic E-state index is 0.0191. The van der Waals surface area contributed by atoms with Crippen LogP contribution in [0.5, 0.6) is 0 Å². The van der Waals surface area contributed by atoms with Gasteiger partial charge in [-0.25, -0.2) is 4.79 Å². The van der Waals surface area contributed by atoms with Gasteiger partial charge in [0.25, 0.3) is 5.69 Å². The molecule has 3 aromatic rings. The van der Waals surface area contributed by atoms with Crippen molar-refractivity contribution in [3.8, 4) is 11.5 Å². The van der Waals surface area contributed by atoms with Crippen molar-refractivity contribution in [1.29, 1.82) is 0 Å². The van der Waals surface area contributed by atoms with Gasteiger partial charge in [-0.2, -0.15) is 0 Å². The summed E-state index contributed by atoms with van der Waals surface area (Å²) in [5.74, 6) is 0.157. The number of nitrogens with two attached hydrogens (primary N) is 1. The maximum absolute atomic E-state index is 12.0. The van der Waals surface area contributed by atoms with Crippen LogP contribution in [0.1, 0.15) is 16.1 Å². The molecule has 0 aliphatic carbocycles. The van der Waals surface area contributed by atoms with Crippen molar-refractivity contribution in [2.24, 2.45) is 0 Å². The van der Waals surface area contributed by atoms with Crippen LogP contribution in [-0.2, 0) is 11.3 Å². The van der Waals surface area contributed by atoms with Gasteiger partial charge in [0.2, 0.25) is 5.76 Å². The van der Waals surface area contributed by atoms with E-state index in [9.17, 15) is 14.9 Å². The van der Waals surface area contributed by atoms with Gasteiger partial charge in [0.05, 0.1) is 16.7 Å². The van der Waals surface area contributed by atoms with Crippen molar-refractivity contribution < 1.29 is 23.4 Å². The molecule has 3 rings (SSSR count). The molecule has 0 aliphatic heterocycles. The number of carbonyl (C=O) groups excluding carboxylic acids is 1. The summed E-state index contributed by atoms with van der Waals surface area (Å²) in [6.07, 6.45) is 1.49. The van der Waals surface area contributed by atoms with Gasteiger partial charge in [0.15, 0.2) is 5.76 Å². The highest BCUT2D eigenvalue weighted by Gasteiger charge is 2.17. The number of aromatic nitrogens is 1. The first-order valence-electron chi connectivity index (χ1n) is 6.75. The minimum atomic E-state index is -0.736. The third kappa shape index (κ3) is 3.09. The molecule has 0 radical (unpaired) electrons. The fourth-order valence-electron chi connectivity index (χ4n) is 1.97. The molecule has 0 saturated heterocycles. The predicted molar refractivity (Wildman–Crippen MR) is 80.8 cm³/mol. The number of nitrogens with zero attached hydrogens (tertiary/aromatic N) is 2. The number of carbonyl (C=O) groups is 1. The Bertz CT molecular complexity index is 885. The largest absolute Gasteiger partial charge is 0.461 e. The van der Waals surface area contributed by atoms with Gasteiger partial charge in [-0.1, -0.05) is 5.16 Å². The molecule has 0 amide bonds. The number of ether oxygens (including phenoxy) is 1. The molecule has 0 bridgehead atoms. The number of nitrogen functional groups attached to an aromatic ring is 1. The molecule has 0 spiro atoms. The molecule has 0 unspecified atom stereocenters. The van der Waals surface area contributed by atoms with Crippen LogP contribution < -0.4 is 5.73 Å². The van der Waals surface area contributed by atoms with Crippen LogP contribution in [0.4, 0.5) is 11.4 Å². The van der Waals surface area contributed by atoms with Crippen molar-refractivity contribution in [1.82, 2.24) is 5.16 Å². The van der Waals surface area contributed by atoms with Crippen LogP contribution in [0.2, 0.25) is 0 Å². The van der Waals surface area contributed by atoms with Crippen molar-refractivity contribution in [2.45, 2.75) is 6.61 Å². The quantitative estimate of drug-likeness (QED) is 0.327. The average molecular weight is 329 g/mol. The monoisotopic (exact) mass is 329 g/mol. The first-order chi connectivity index (χ1) is 11.5. The SMILES string of the molecule is Nc1ccc(C(=O)OCc2cc(-c3ccco3)on2)cc1[N+](=O)[O-]. The lowest BCUT2D eigenvalue weighted by molar-refractivity contribution is -0.383. The van der Waals surface area contributed by atoms with E-state index in [1.165, 1.54) is 18.4 Å². The Balaban J connectivity index is 1.68. The Morgan fingerprint density at radius 3 is 2.83 bits per heavy atom. The van der Waals surface area contributed by atoms with E-state index in [2.05, 4.69) is 5.16 Å². The van der Waals surface area contributed by atoms with Crippen molar-refractivity contribution in [3.63, 3.8) is 0 Å². The third-order valence-corrected chi connectivity index (χ3v) is 3.14. The second-order valence-electron chi connectivity index (χ2n) is 4.77. The zero-order valence-corrected chi connectivity index (χ0v) is 12.2. The van der Waals surface area contributed by atoms with E-state index in [1.54, 1.807) is 18.2 Å². The summed E-state index contributed by atoms with van der Waals surface area (Å²) in [5.41, 5.74) is 5.49. The molecule has 2 heterocycles. The zero-order chi connectivity index (χ0) is 17.1. The molecule has 2 aromatic heterocycles. The molecule has 0 fully saturated rings. The maximum atomic E-state index is 12.0. The van der Waals surface area contributed by atoms with Gasteiger partial charge in [-0.3, -0.25) is 10.1 Å². The molecule has 0 aliphatic rings. The van der Waals surface area contributed by atoms with E-state index in [0.717, 1.165) is 6.07 Å². The molecule has 1 aromatic carbocycles. The zero-order valence-electron chi connectivity index (χ0n) is 12.2. The molecule has 0 saturated carbocycles. The number of nitro benzene ring substituents is 1. The molecule has 2 N–H and O–H groups in total. The Morgan fingerprint density at radius 2 is 2.12 bits per heavy atom. The Morgan fingerprint density at radius 1 is 1.29 bits per heavy atom. The van der Waals surface area contributed by atoms with Crippen LogP contribution in [-0.4, -0.2) is 16.0 Å². The first-order valence-corrected chi connectivity index (χ1v) is 6.75. The van der Waals surface area contributed by atoms with E-state index in [0.29, 0.717) is 17.2 Å². The number of benzene rings is 1. The summed E-state index contributed by atoms with van der Waals surface area (Å²) in [6, 6.07) is 8.66. The topological polar surface area (TPSA) is 135 Å². The van der Waals surface area contributed by atoms with Gasteiger partial charge in [0.1, 0.15) is 18.0 Å². The molecule has 9 nitrogen and oxygen atoms in total. The number of rotatable bonds is 5. The molecular weight excluding hydrogens is 318 g/mol.